The Morgan fingerprint density at radius 3 is 2.35 bits per heavy atom. The molecule has 0 aliphatic heterocycles. The van der Waals surface area contributed by atoms with Gasteiger partial charge >= 0.3 is 163 Å². The van der Waals surface area contributed by atoms with E-state index < -0.39 is 21.1 Å². The van der Waals surface area contributed by atoms with Crippen LogP contribution < -0.4 is 3.58 Å². The van der Waals surface area contributed by atoms with E-state index in [4.69, 9.17) is 25.3 Å². The molecule has 120 valence electrons. The van der Waals surface area contributed by atoms with Gasteiger partial charge in [-0.1, -0.05) is 0 Å². The minimum absolute atomic E-state index is 0.549. The number of hydrogen-bond donors (Lipinski definition) is 2. The first-order chi connectivity index (χ1) is 11.2. The number of aryl methyl sites for hydroxylation is 1. The van der Waals surface area contributed by atoms with Gasteiger partial charge in [-0.05, 0) is 0 Å². The van der Waals surface area contributed by atoms with Crippen molar-refractivity contribution in [3.05, 3.63) is 65.2 Å². The van der Waals surface area contributed by atoms with Crippen LogP contribution in [0.4, 0.5) is 0 Å². The number of benzene rings is 2. The maximum absolute atomic E-state index is 4.86. The van der Waals surface area contributed by atoms with Gasteiger partial charge in [-0.15, -0.1) is 0 Å². The Kier molecular flexibility index (Phi) is 8.14. The fraction of sp³-hybridized carbons (Fsp3) is 0.300. The van der Waals surface area contributed by atoms with Gasteiger partial charge in [0.05, 0.1) is 0 Å². The Morgan fingerprint density at radius 2 is 1.70 bits per heavy atom. The molecule has 2 aromatic carbocycles. The second-order valence-electron chi connectivity index (χ2n) is 5.58. The molecule has 0 aliphatic rings. The molecule has 0 saturated heterocycles. The van der Waals surface area contributed by atoms with Gasteiger partial charge < -0.3 is 0 Å². The maximum atomic E-state index is 4.86. The molecule has 0 N–H and O–H groups in total. The van der Waals surface area contributed by atoms with E-state index in [0.717, 1.165) is 21.8 Å². The fourth-order valence-electron chi connectivity index (χ4n) is 2.42. The van der Waals surface area contributed by atoms with E-state index in [1.54, 1.807) is 3.58 Å². The fourth-order valence-corrected chi connectivity index (χ4v) is 7.27. The Hall–Kier alpha value is -0.321. The predicted octanol–water partition coefficient (Wildman–Crippen LogP) is 5.48. The molecule has 0 heterocycles. The van der Waals surface area contributed by atoms with Crippen molar-refractivity contribution < 1.29 is 0 Å². The summed E-state index contributed by atoms with van der Waals surface area (Å²) in [5.41, 5.74) is 3.82. The van der Waals surface area contributed by atoms with E-state index >= 15 is 0 Å². The van der Waals surface area contributed by atoms with Crippen molar-refractivity contribution in [2.75, 3.05) is 0 Å². The third-order valence-corrected chi connectivity index (χ3v) is 9.04. The summed E-state index contributed by atoms with van der Waals surface area (Å²) in [7, 11) is 0. The van der Waals surface area contributed by atoms with Gasteiger partial charge in [0.2, 0.25) is 0 Å². The molecular formula is C20H24S2Sn. The Bertz CT molecular complexity index is 663. The molecule has 0 fully saturated rings. The van der Waals surface area contributed by atoms with E-state index in [1.807, 2.05) is 18.2 Å². The van der Waals surface area contributed by atoms with E-state index in [0.29, 0.717) is 0 Å². The second kappa shape index (κ2) is 9.85. The molecular weight excluding hydrogens is 423 g/mol. The molecule has 23 heavy (non-hydrogen) atoms. The molecule has 2 radical (unpaired) electrons. The summed E-state index contributed by atoms with van der Waals surface area (Å²) in [5.74, 6) is 0. The molecule has 0 bridgehead atoms. The van der Waals surface area contributed by atoms with E-state index in [1.165, 1.54) is 28.4 Å². The van der Waals surface area contributed by atoms with Crippen molar-refractivity contribution in [2.24, 2.45) is 0 Å². The van der Waals surface area contributed by atoms with Crippen LogP contribution in [-0.2, 0) is 6.42 Å². The molecule has 0 aromatic heterocycles. The van der Waals surface area contributed by atoms with Crippen LogP contribution in [0.15, 0.2) is 48.5 Å². The molecule has 0 saturated carbocycles. The van der Waals surface area contributed by atoms with Crippen LogP contribution in [-0.4, -0.2) is 21.1 Å². The van der Waals surface area contributed by atoms with Gasteiger partial charge in [0, 0.05) is 0 Å². The summed E-state index contributed by atoms with van der Waals surface area (Å²) >= 11 is 9.08. The minimum atomic E-state index is -0.549. The van der Waals surface area contributed by atoms with Crippen LogP contribution in [0.2, 0.25) is 4.44 Å². The first-order valence-corrected chi connectivity index (χ1v) is 12.6. The van der Waals surface area contributed by atoms with Crippen molar-refractivity contribution in [2.45, 2.75) is 37.5 Å². The summed E-state index contributed by atoms with van der Waals surface area (Å²) in [6.45, 7) is 4.47. The molecule has 3 heteroatoms. The standard InChI is InChI=1S/C16H15S2.C4H9.Sn/c1-2-12-7-6-10-14(11-12)16(18)15(17)13-8-4-3-5-9-13;1-3-4-2;/h3-9,11,17-18H,2H2,1H3;1,3-4H2,2H3;. The molecule has 0 nitrogen and oxygen atoms in total. The number of rotatable bonds is 7. The summed E-state index contributed by atoms with van der Waals surface area (Å²) in [5, 5.41) is 0. The Morgan fingerprint density at radius 1 is 0.957 bits per heavy atom. The summed E-state index contributed by atoms with van der Waals surface area (Å²) in [6.07, 6.45) is 3.69. The molecule has 2 rings (SSSR count). The van der Waals surface area contributed by atoms with Crippen LogP contribution in [0, 0.1) is 0 Å². The van der Waals surface area contributed by atoms with E-state index in [-0.39, 0.29) is 0 Å². The van der Waals surface area contributed by atoms with Gasteiger partial charge in [-0.25, -0.2) is 0 Å². The van der Waals surface area contributed by atoms with Gasteiger partial charge in [-0.2, -0.15) is 0 Å². The van der Waals surface area contributed by atoms with Crippen LogP contribution in [0.5, 0.6) is 0 Å². The third kappa shape index (κ3) is 5.33. The van der Waals surface area contributed by atoms with Crippen LogP contribution in [0.1, 0.15) is 43.4 Å². The molecule has 0 atom stereocenters. The zero-order valence-corrected chi connectivity index (χ0v) is 18.5. The molecule has 0 spiro atoms. The Labute approximate surface area is 161 Å². The van der Waals surface area contributed by atoms with Crippen molar-refractivity contribution in [1.82, 2.24) is 0 Å². The monoisotopic (exact) mass is 448 g/mol. The second-order valence-corrected chi connectivity index (χ2v) is 10.4. The van der Waals surface area contributed by atoms with Crippen molar-refractivity contribution in [1.29, 1.82) is 0 Å². The topological polar surface area (TPSA) is 0 Å². The van der Waals surface area contributed by atoms with Gasteiger partial charge in [-0.3, -0.25) is 0 Å². The van der Waals surface area contributed by atoms with Gasteiger partial charge in [0.15, 0.2) is 0 Å². The number of thiol groups is 2. The van der Waals surface area contributed by atoms with Gasteiger partial charge in [0.25, 0.3) is 0 Å². The molecule has 0 unspecified atom stereocenters. The quantitative estimate of drug-likeness (QED) is 0.239. The zero-order valence-electron chi connectivity index (χ0n) is 13.8. The summed E-state index contributed by atoms with van der Waals surface area (Å²) < 4.78 is 2.94. The summed E-state index contributed by atoms with van der Waals surface area (Å²) in [6, 6.07) is 17.3. The first-order valence-electron chi connectivity index (χ1n) is 8.22. The average molecular weight is 447 g/mol. The van der Waals surface area contributed by atoms with Crippen molar-refractivity contribution in [3.63, 3.8) is 0 Å². The van der Waals surface area contributed by atoms with E-state index in [9.17, 15) is 0 Å². The Balaban J connectivity index is 2.42. The third-order valence-electron chi connectivity index (χ3n) is 3.86. The van der Waals surface area contributed by atoms with Crippen LogP contribution in [0.25, 0.3) is 9.81 Å². The zero-order chi connectivity index (χ0) is 16.7. The first kappa shape index (κ1) is 19.0. The average Bonchev–Trinajstić information content (AvgIpc) is 2.61. The predicted molar refractivity (Wildman–Crippen MR) is 112 cm³/mol. The molecule has 0 aliphatic carbocycles. The van der Waals surface area contributed by atoms with Crippen LogP contribution in [0.3, 0.4) is 0 Å². The summed E-state index contributed by atoms with van der Waals surface area (Å²) in [4.78, 5) is 1.99. The van der Waals surface area contributed by atoms with Crippen molar-refractivity contribution in [3.8, 4) is 0 Å². The molecule has 2 aromatic rings. The van der Waals surface area contributed by atoms with Gasteiger partial charge in [0.1, 0.15) is 0 Å². The van der Waals surface area contributed by atoms with Crippen LogP contribution >= 0.6 is 25.3 Å². The number of unbranched alkanes of at least 4 members (excludes halogenated alkanes) is 1. The van der Waals surface area contributed by atoms with E-state index in [2.05, 4.69) is 44.2 Å². The molecule has 0 amide bonds. The van der Waals surface area contributed by atoms with Crippen molar-refractivity contribution >= 4 is 59.8 Å². The normalized spacial score (nSPS) is 12.2. The number of hydrogen-bond acceptors (Lipinski definition) is 2. The SMILES string of the molecule is CCC[CH2][Sn][c]1ccc(CC)cc1C(S)=C(S)c1ccccc1.